The lowest BCUT2D eigenvalue weighted by Crippen LogP contribution is -2.34. The summed E-state index contributed by atoms with van der Waals surface area (Å²) in [7, 11) is 0. The minimum Gasteiger partial charge on any atom is -0.310 e. The van der Waals surface area contributed by atoms with Crippen LogP contribution in [0.15, 0.2) is 231 Å². The van der Waals surface area contributed by atoms with Crippen LogP contribution in [0.1, 0.15) is 82.7 Å². The molecule has 10 aromatic rings. The maximum atomic E-state index is 14.5. The normalized spacial score (nSPS) is 19.6. The monoisotopic (exact) mass is 954 g/mol. The third kappa shape index (κ3) is 6.16. The van der Waals surface area contributed by atoms with Gasteiger partial charge in [-0.2, -0.15) is 0 Å². The maximum absolute atomic E-state index is 14.5. The van der Waals surface area contributed by atoms with Gasteiger partial charge in [0.2, 0.25) is 0 Å². The Labute approximate surface area is 434 Å². The van der Waals surface area contributed by atoms with E-state index in [4.69, 9.17) is 0 Å². The van der Waals surface area contributed by atoms with Crippen molar-refractivity contribution in [3.8, 4) is 33.4 Å². The number of anilines is 6. The summed E-state index contributed by atoms with van der Waals surface area (Å²) in [6, 6.07) is 84.7. The fraction of sp³-hybridized carbons (Fsp3) is 0.155. The van der Waals surface area contributed by atoms with Gasteiger partial charge in [-0.25, -0.2) is 4.39 Å². The summed E-state index contributed by atoms with van der Waals surface area (Å²) in [6.07, 6.45) is 4.53. The highest BCUT2D eigenvalue weighted by Crippen LogP contribution is 2.69. The van der Waals surface area contributed by atoms with E-state index in [2.05, 4.69) is 230 Å². The maximum Gasteiger partial charge on any atom is 0.123 e. The minimum absolute atomic E-state index is 0.0128. The predicted octanol–water partition coefficient (Wildman–Crippen LogP) is 18.3. The quantitative estimate of drug-likeness (QED) is 0.150. The lowest BCUT2D eigenvalue weighted by Gasteiger charge is -2.40. The van der Waals surface area contributed by atoms with Crippen LogP contribution in [-0.2, 0) is 23.7 Å². The molecule has 10 aromatic carbocycles. The van der Waals surface area contributed by atoms with Crippen molar-refractivity contribution < 1.29 is 4.39 Å². The Bertz CT molecular complexity index is 3850. The smallest absolute Gasteiger partial charge is 0.123 e. The topological polar surface area (TPSA) is 6.48 Å². The van der Waals surface area contributed by atoms with Crippen LogP contribution >= 0.6 is 0 Å². The zero-order valence-electron chi connectivity index (χ0n) is 41.8. The molecule has 0 aromatic heterocycles. The Balaban J connectivity index is 0.925. The molecule has 1 fully saturated rings. The van der Waals surface area contributed by atoms with Gasteiger partial charge in [0.05, 0.1) is 11.4 Å². The fourth-order valence-electron chi connectivity index (χ4n) is 15.2. The first kappa shape index (κ1) is 43.3. The van der Waals surface area contributed by atoms with Gasteiger partial charge in [-0.15, -0.1) is 0 Å². The molecule has 2 nitrogen and oxygen atoms in total. The Morgan fingerprint density at radius 2 is 0.946 bits per heavy atom. The molecule has 0 N–H and O–H groups in total. The Morgan fingerprint density at radius 3 is 1.58 bits per heavy atom. The molecule has 356 valence electrons. The molecule has 0 amide bonds. The van der Waals surface area contributed by atoms with Crippen LogP contribution in [-0.4, -0.2) is 0 Å². The van der Waals surface area contributed by atoms with E-state index in [1.165, 1.54) is 113 Å². The van der Waals surface area contributed by atoms with Crippen LogP contribution in [0.2, 0.25) is 0 Å². The highest BCUT2D eigenvalue weighted by Gasteiger charge is 2.62. The number of benzene rings is 10. The number of halogens is 1. The van der Waals surface area contributed by atoms with E-state index < -0.39 is 0 Å². The largest absolute Gasteiger partial charge is 0.310 e. The van der Waals surface area contributed by atoms with Crippen molar-refractivity contribution >= 4 is 34.1 Å². The summed E-state index contributed by atoms with van der Waals surface area (Å²) in [5, 5.41) is 0. The third-order valence-electron chi connectivity index (χ3n) is 18.1. The van der Waals surface area contributed by atoms with Crippen LogP contribution in [0.5, 0.6) is 0 Å². The molecule has 74 heavy (non-hydrogen) atoms. The van der Waals surface area contributed by atoms with Crippen LogP contribution in [0.3, 0.4) is 0 Å². The molecule has 15 rings (SSSR count). The van der Waals surface area contributed by atoms with E-state index in [1.807, 2.05) is 12.1 Å². The van der Waals surface area contributed by atoms with Crippen molar-refractivity contribution in [3.63, 3.8) is 0 Å². The molecule has 4 unspecified atom stereocenters. The second kappa shape index (κ2) is 16.4. The van der Waals surface area contributed by atoms with Gasteiger partial charge in [0.15, 0.2) is 0 Å². The van der Waals surface area contributed by atoms with Gasteiger partial charge in [-0.05, 0) is 194 Å². The summed E-state index contributed by atoms with van der Waals surface area (Å²) in [5.74, 6) is 0.696. The van der Waals surface area contributed by atoms with Crippen LogP contribution < -0.4 is 9.80 Å². The third-order valence-corrected chi connectivity index (χ3v) is 18.1. The summed E-state index contributed by atoms with van der Waals surface area (Å²) in [6.45, 7) is 4.82. The molecule has 0 radical (unpaired) electrons. The Hall–Kier alpha value is -8.27. The van der Waals surface area contributed by atoms with Gasteiger partial charge in [-0.3, -0.25) is 0 Å². The molecule has 0 heterocycles. The van der Waals surface area contributed by atoms with Gasteiger partial charge >= 0.3 is 0 Å². The second-order valence-corrected chi connectivity index (χ2v) is 22.0. The van der Waals surface area contributed by atoms with E-state index in [0.29, 0.717) is 11.8 Å². The van der Waals surface area contributed by atoms with Crippen molar-refractivity contribution in [2.45, 2.75) is 56.3 Å². The molecule has 0 aliphatic heterocycles. The van der Waals surface area contributed by atoms with Crippen molar-refractivity contribution in [3.05, 3.63) is 286 Å². The highest BCUT2D eigenvalue weighted by molar-refractivity contribution is 5.95. The van der Waals surface area contributed by atoms with Gasteiger partial charge in [0.1, 0.15) is 5.82 Å². The molecule has 5 aliphatic carbocycles. The van der Waals surface area contributed by atoms with Crippen molar-refractivity contribution in [2.75, 3.05) is 9.80 Å². The number of fused-ring (bicyclic) bond motifs is 8. The lowest BCUT2D eigenvalue weighted by molar-refractivity contribution is 0.350. The molecule has 1 saturated carbocycles. The first-order valence-corrected chi connectivity index (χ1v) is 26.7. The number of hydrogen-bond donors (Lipinski definition) is 0. The molecule has 4 atom stereocenters. The lowest BCUT2D eigenvalue weighted by atomic mass is 9.68. The Morgan fingerprint density at radius 1 is 0.419 bits per heavy atom. The molecule has 0 saturated heterocycles. The van der Waals surface area contributed by atoms with Crippen molar-refractivity contribution in [1.82, 2.24) is 0 Å². The zero-order chi connectivity index (χ0) is 49.3. The van der Waals surface area contributed by atoms with E-state index in [0.717, 1.165) is 29.8 Å². The SMILES string of the molecule is CC1(C)c2cc(N(c3ccccc3)c3cccc4c3C35c6c(cccc6N(c6ccccc6)c6ccc7c(c6)C(c6ccc(F)cc6)c6ccccc6-7)CC3CCC5C4)ccc2-c2c(-c3ccccc3)cccc21. The number of rotatable bonds is 8. The molecule has 0 bridgehead atoms. The van der Waals surface area contributed by atoms with Gasteiger partial charge < -0.3 is 9.80 Å². The average molecular weight is 955 g/mol. The minimum atomic E-state index is -0.214. The zero-order valence-corrected chi connectivity index (χ0v) is 41.8. The number of para-hydroxylation sites is 2. The Kier molecular flexibility index (Phi) is 9.58. The summed E-state index contributed by atoms with van der Waals surface area (Å²) >= 11 is 0. The average Bonchev–Trinajstić information content (AvgIpc) is 4.35. The fourth-order valence-corrected chi connectivity index (χ4v) is 15.2. The molecular formula is C71H55FN2. The van der Waals surface area contributed by atoms with E-state index in [-0.39, 0.29) is 22.6 Å². The number of hydrogen-bond acceptors (Lipinski definition) is 2. The molecular weight excluding hydrogens is 900 g/mol. The van der Waals surface area contributed by atoms with E-state index >= 15 is 0 Å². The molecule has 1 spiro atoms. The van der Waals surface area contributed by atoms with E-state index in [1.54, 1.807) is 12.1 Å². The van der Waals surface area contributed by atoms with Gasteiger partial charge in [0, 0.05) is 39.5 Å². The summed E-state index contributed by atoms with van der Waals surface area (Å²) in [4.78, 5) is 5.17. The van der Waals surface area contributed by atoms with Crippen molar-refractivity contribution in [1.29, 1.82) is 0 Å². The second-order valence-electron chi connectivity index (χ2n) is 22.0. The van der Waals surface area contributed by atoms with Gasteiger partial charge in [0.25, 0.3) is 0 Å². The standard InChI is InChI=1S/C71H55FN2/c1-70(2)62-28-16-27-56(45-17-6-3-7-18-45)67(62)60-40-38-55(44-63(60)70)74(53-23-10-5-11-24-53)65-30-15-20-48-42-50-34-33-49-41-47-19-14-29-64(68(47)71(49,50)69(48)65)73(52-21-8-4-9-22-52)54-37-39-58-57-25-12-13-26-59(57)66(61(58)43-54)46-31-35-51(72)36-32-46/h3-32,35-40,43-44,49-50,66H,33-34,41-42H2,1-2H3. The first-order chi connectivity index (χ1) is 36.4. The van der Waals surface area contributed by atoms with Crippen LogP contribution in [0, 0.1) is 17.7 Å². The van der Waals surface area contributed by atoms with Crippen molar-refractivity contribution in [2.24, 2.45) is 11.8 Å². The number of nitrogens with zero attached hydrogens (tertiary/aromatic N) is 2. The molecule has 5 aliphatic rings. The predicted molar refractivity (Wildman–Crippen MR) is 302 cm³/mol. The van der Waals surface area contributed by atoms with E-state index in [9.17, 15) is 4.39 Å². The van der Waals surface area contributed by atoms with Crippen LogP contribution in [0.25, 0.3) is 33.4 Å². The first-order valence-electron chi connectivity index (χ1n) is 26.7. The molecule has 3 heteroatoms. The van der Waals surface area contributed by atoms with Gasteiger partial charge in [-0.1, -0.05) is 172 Å². The summed E-state index contributed by atoms with van der Waals surface area (Å²) in [5.41, 5.74) is 26.8. The highest BCUT2D eigenvalue weighted by atomic mass is 19.1. The van der Waals surface area contributed by atoms with Crippen LogP contribution in [0.4, 0.5) is 38.5 Å². The summed E-state index contributed by atoms with van der Waals surface area (Å²) < 4.78 is 14.5.